The van der Waals surface area contributed by atoms with Crippen LogP contribution in [0.15, 0.2) is 11.7 Å². The van der Waals surface area contributed by atoms with Gasteiger partial charge in [-0.05, 0) is 20.8 Å². The third kappa shape index (κ3) is 5.64. The fourth-order valence-electron chi connectivity index (χ4n) is 0.686. The van der Waals surface area contributed by atoms with E-state index in [1.807, 2.05) is 0 Å². The second-order valence-electron chi connectivity index (χ2n) is 3.73. The molecule has 0 heterocycles. The fraction of sp³-hybridized carbons (Fsp3) is 0.667. The Morgan fingerprint density at radius 2 is 1.79 bits per heavy atom. The van der Waals surface area contributed by atoms with E-state index < -0.39 is 36.3 Å². The van der Waals surface area contributed by atoms with Gasteiger partial charge in [-0.25, -0.2) is 8.78 Å². The van der Waals surface area contributed by atoms with Gasteiger partial charge < -0.3 is 9.84 Å². The van der Waals surface area contributed by atoms with E-state index in [4.69, 9.17) is 9.84 Å². The molecule has 0 radical (unpaired) electrons. The first-order valence-corrected chi connectivity index (χ1v) is 4.12. The molecule has 82 valence electrons. The number of esters is 1. The molecule has 0 aromatic heterocycles. The first kappa shape index (κ1) is 13.0. The highest BCUT2D eigenvalue weighted by Crippen LogP contribution is 2.15. The molecular weight excluding hydrogens is 194 g/mol. The molecule has 0 fully saturated rings. The fourth-order valence-corrected chi connectivity index (χ4v) is 0.686. The summed E-state index contributed by atoms with van der Waals surface area (Å²) in [7, 11) is 0. The molecule has 0 amide bonds. The highest BCUT2D eigenvalue weighted by molar-refractivity contribution is 5.72. The Hall–Kier alpha value is -0.970. The molecule has 0 rings (SSSR count). The molecule has 0 aliphatic rings. The van der Waals surface area contributed by atoms with Gasteiger partial charge >= 0.3 is 5.97 Å². The second kappa shape index (κ2) is 5.05. The average molecular weight is 208 g/mol. The lowest BCUT2D eigenvalue weighted by Gasteiger charge is -2.19. The number of hydrogen-bond acceptors (Lipinski definition) is 3. The molecule has 1 N–H and O–H groups in total. The summed E-state index contributed by atoms with van der Waals surface area (Å²) in [6.45, 7) is 3.81. The number of aliphatic hydroxyl groups excluding tert-OH is 1. The lowest BCUT2D eigenvalue weighted by Crippen LogP contribution is -2.23. The van der Waals surface area contributed by atoms with Crippen molar-refractivity contribution in [1.29, 1.82) is 0 Å². The summed E-state index contributed by atoms with van der Waals surface area (Å²) in [6, 6.07) is 0. The molecule has 14 heavy (non-hydrogen) atoms. The van der Waals surface area contributed by atoms with Gasteiger partial charge in [0.25, 0.3) is 0 Å². The summed E-state index contributed by atoms with van der Waals surface area (Å²) < 4.78 is 29.8. The Kier molecular flexibility index (Phi) is 4.70. The third-order valence-corrected chi connectivity index (χ3v) is 1.15. The SMILES string of the molecule is CC(C)(C)OC(=O)CC(F)=C(F)CO. The molecule has 0 aliphatic heterocycles. The van der Waals surface area contributed by atoms with E-state index >= 15 is 0 Å². The zero-order valence-electron chi connectivity index (χ0n) is 8.43. The molecule has 0 saturated heterocycles. The van der Waals surface area contributed by atoms with Crippen molar-refractivity contribution in [3.63, 3.8) is 0 Å². The zero-order chi connectivity index (χ0) is 11.4. The molecule has 0 bridgehead atoms. The summed E-state index contributed by atoms with van der Waals surface area (Å²) >= 11 is 0. The lowest BCUT2D eigenvalue weighted by molar-refractivity contribution is -0.154. The number of halogens is 2. The van der Waals surface area contributed by atoms with Crippen molar-refractivity contribution in [2.45, 2.75) is 32.8 Å². The first-order valence-electron chi connectivity index (χ1n) is 4.12. The van der Waals surface area contributed by atoms with Crippen LogP contribution in [0.3, 0.4) is 0 Å². The maximum atomic E-state index is 12.7. The van der Waals surface area contributed by atoms with Crippen LogP contribution in [0.5, 0.6) is 0 Å². The van der Waals surface area contributed by atoms with Crippen molar-refractivity contribution in [1.82, 2.24) is 0 Å². The molecule has 0 aliphatic carbocycles. The van der Waals surface area contributed by atoms with Gasteiger partial charge in [0.2, 0.25) is 0 Å². The van der Waals surface area contributed by atoms with Crippen molar-refractivity contribution in [2.24, 2.45) is 0 Å². The predicted molar refractivity (Wildman–Crippen MR) is 46.8 cm³/mol. The maximum absolute atomic E-state index is 12.7. The van der Waals surface area contributed by atoms with Crippen molar-refractivity contribution in [3.8, 4) is 0 Å². The number of hydrogen-bond donors (Lipinski definition) is 1. The van der Waals surface area contributed by atoms with Gasteiger partial charge in [0.15, 0.2) is 5.83 Å². The number of rotatable bonds is 3. The van der Waals surface area contributed by atoms with E-state index in [2.05, 4.69) is 0 Å². The van der Waals surface area contributed by atoms with Crippen molar-refractivity contribution in [3.05, 3.63) is 11.7 Å². The minimum Gasteiger partial charge on any atom is -0.460 e. The Balaban J connectivity index is 4.21. The van der Waals surface area contributed by atoms with Gasteiger partial charge in [0.05, 0.1) is 6.61 Å². The quantitative estimate of drug-likeness (QED) is 0.720. The summed E-state index contributed by atoms with van der Waals surface area (Å²) in [6.07, 6.45) is -0.788. The smallest absolute Gasteiger partial charge is 0.313 e. The van der Waals surface area contributed by atoms with Gasteiger partial charge in [-0.1, -0.05) is 0 Å². The van der Waals surface area contributed by atoms with Crippen LogP contribution in [-0.2, 0) is 9.53 Å². The molecule has 0 spiro atoms. The van der Waals surface area contributed by atoms with E-state index in [0.717, 1.165) is 0 Å². The van der Waals surface area contributed by atoms with E-state index in [-0.39, 0.29) is 0 Å². The molecule has 0 atom stereocenters. The summed E-state index contributed by atoms with van der Waals surface area (Å²) in [4.78, 5) is 10.9. The van der Waals surface area contributed by atoms with E-state index in [1.54, 1.807) is 20.8 Å². The van der Waals surface area contributed by atoms with Crippen LogP contribution < -0.4 is 0 Å². The van der Waals surface area contributed by atoms with Crippen molar-refractivity contribution in [2.75, 3.05) is 6.61 Å². The molecule has 0 unspecified atom stereocenters. The van der Waals surface area contributed by atoms with E-state index in [1.165, 1.54) is 0 Å². The lowest BCUT2D eigenvalue weighted by atomic mass is 10.2. The Morgan fingerprint density at radius 3 is 2.14 bits per heavy atom. The van der Waals surface area contributed by atoms with Gasteiger partial charge in [-0.2, -0.15) is 0 Å². The largest absolute Gasteiger partial charge is 0.460 e. The highest BCUT2D eigenvalue weighted by Gasteiger charge is 2.18. The normalized spacial score (nSPS) is 13.6. The molecule has 0 aromatic rings. The minimum atomic E-state index is -1.34. The van der Waals surface area contributed by atoms with Crippen LogP contribution in [0.25, 0.3) is 0 Å². The van der Waals surface area contributed by atoms with Gasteiger partial charge in [0.1, 0.15) is 17.8 Å². The minimum absolute atomic E-state index is 0.729. The van der Waals surface area contributed by atoms with Crippen LogP contribution in [0, 0.1) is 0 Å². The molecular formula is C9H14F2O3. The number of carbonyl (C=O) groups excluding carboxylic acids is 1. The van der Waals surface area contributed by atoms with Crippen LogP contribution in [0.2, 0.25) is 0 Å². The second-order valence-corrected chi connectivity index (χ2v) is 3.73. The monoisotopic (exact) mass is 208 g/mol. The van der Waals surface area contributed by atoms with Crippen molar-refractivity contribution < 1.29 is 23.4 Å². The van der Waals surface area contributed by atoms with Gasteiger partial charge in [0, 0.05) is 0 Å². The summed E-state index contributed by atoms with van der Waals surface area (Å²) in [5, 5.41) is 8.23. The van der Waals surface area contributed by atoms with Crippen molar-refractivity contribution >= 4 is 5.97 Å². The molecule has 0 saturated carbocycles. The zero-order valence-corrected chi connectivity index (χ0v) is 8.43. The molecule has 5 heteroatoms. The topological polar surface area (TPSA) is 46.5 Å². The number of aliphatic hydroxyl groups is 1. The standard InChI is InChI=1S/C9H14F2O3/c1-9(2,3)14-8(13)4-6(10)7(11)5-12/h12H,4-5H2,1-3H3. The van der Waals surface area contributed by atoms with Crippen LogP contribution >= 0.6 is 0 Å². The van der Waals surface area contributed by atoms with Crippen LogP contribution in [0.4, 0.5) is 8.78 Å². The predicted octanol–water partition coefficient (Wildman–Crippen LogP) is 1.86. The highest BCUT2D eigenvalue weighted by atomic mass is 19.2. The van der Waals surface area contributed by atoms with E-state index in [9.17, 15) is 13.6 Å². The molecule has 0 aromatic carbocycles. The molecule has 3 nitrogen and oxygen atoms in total. The Morgan fingerprint density at radius 1 is 1.29 bits per heavy atom. The summed E-state index contributed by atoms with van der Waals surface area (Å²) in [5.74, 6) is -3.49. The van der Waals surface area contributed by atoms with Gasteiger partial charge in [-0.3, -0.25) is 4.79 Å². The van der Waals surface area contributed by atoms with Crippen LogP contribution in [0.1, 0.15) is 27.2 Å². The van der Waals surface area contributed by atoms with Crippen LogP contribution in [-0.4, -0.2) is 23.3 Å². The Labute approximate surface area is 81.4 Å². The first-order chi connectivity index (χ1) is 6.26. The summed E-state index contributed by atoms with van der Waals surface area (Å²) in [5.41, 5.74) is -0.729. The average Bonchev–Trinajstić information content (AvgIpc) is 1.99. The van der Waals surface area contributed by atoms with Gasteiger partial charge in [-0.15, -0.1) is 0 Å². The van der Waals surface area contributed by atoms with E-state index in [0.29, 0.717) is 0 Å². The Bertz CT molecular complexity index is 241. The number of ether oxygens (including phenoxy) is 1. The maximum Gasteiger partial charge on any atom is 0.313 e. The third-order valence-electron chi connectivity index (χ3n) is 1.15. The number of carbonyl (C=O) groups is 1.